The number of ether oxygens (including phenoxy) is 1. The van der Waals surface area contributed by atoms with Crippen molar-refractivity contribution in [1.82, 2.24) is 5.48 Å². The minimum absolute atomic E-state index is 0.142. The predicted octanol–water partition coefficient (Wildman–Crippen LogP) is 1.30. The van der Waals surface area contributed by atoms with Crippen LogP contribution in [0.3, 0.4) is 0 Å². The molecule has 0 saturated heterocycles. The Labute approximate surface area is 62.7 Å². The van der Waals surface area contributed by atoms with Gasteiger partial charge < -0.3 is 4.74 Å². The number of nitrogens with one attached hydrogen (secondary N) is 1. The van der Waals surface area contributed by atoms with Gasteiger partial charge in [-0.2, -0.15) is 5.48 Å². The van der Waals surface area contributed by atoms with E-state index in [1.165, 1.54) is 0 Å². The Morgan fingerprint density at radius 2 is 2.10 bits per heavy atom. The highest BCUT2D eigenvalue weighted by Gasteiger charge is 1.97. The summed E-state index contributed by atoms with van der Waals surface area (Å²) >= 11 is 0. The summed E-state index contributed by atoms with van der Waals surface area (Å²) in [5.74, 6) is 0. The van der Waals surface area contributed by atoms with Crippen LogP contribution in [-0.2, 0) is 9.57 Å². The predicted molar refractivity (Wildman–Crippen MR) is 40.5 cm³/mol. The highest BCUT2D eigenvalue weighted by molar-refractivity contribution is 4.30. The van der Waals surface area contributed by atoms with Gasteiger partial charge >= 0.3 is 0 Å². The molecule has 0 rings (SSSR count). The van der Waals surface area contributed by atoms with Crippen molar-refractivity contribution in [3.05, 3.63) is 0 Å². The molecule has 3 heteroatoms. The molecular formula is C7H17NO2. The van der Waals surface area contributed by atoms with Gasteiger partial charge in [0.1, 0.15) is 0 Å². The van der Waals surface area contributed by atoms with Gasteiger partial charge in [0.05, 0.1) is 0 Å². The summed E-state index contributed by atoms with van der Waals surface area (Å²) in [4.78, 5) is 5.05. The van der Waals surface area contributed by atoms with E-state index in [0.29, 0.717) is 6.61 Å². The molecule has 1 atom stereocenters. The minimum Gasteiger partial charge on any atom is -0.351 e. The molecule has 62 valence electrons. The molecule has 0 aromatic heterocycles. The molecule has 0 spiro atoms. The molecule has 10 heavy (non-hydrogen) atoms. The summed E-state index contributed by atoms with van der Waals surface area (Å²) in [6.45, 7) is 7.46. The topological polar surface area (TPSA) is 30.5 Å². The lowest BCUT2D eigenvalue weighted by molar-refractivity contribution is -0.166. The third kappa shape index (κ3) is 6.01. The van der Waals surface area contributed by atoms with Gasteiger partial charge in [-0.3, -0.25) is 4.84 Å². The average Bonchev–Trinajstić information content (AvgIpc) is 1.89. The summed E-state index contributed by atoms with van der Waals surface area (Å²) in [5, 5.41) is 0. The van der Waals surface area contributed by atoms with Crippen molar-refractivity contribution in [3.8, 4) is 0 Å². The van der Waals surface area contributed by atoms with Crippen molar-refractivity contribution in [2.24, 2.45) is 0 Å². The van der Waals surface area contributed by atoms with E-state index in [4.69, 9.17) is 9.57 Å². The fourth-order valence-corrected chi connectivity index (χ4v) is 0.547. The van der Waals surface area contributed by atoms with Crippen molar-refractivity contribution in [2.75, 3.05) is 13.2 Å². The van der Waals surface area contributed by atoms with Crippen LogP contribution in [-0.4, -0.2) is 19.4 Å². The second-order valence-corrected chi connectivity index (χ2v) is 2.04. The maximum atomic E-state index is 5.10. The summed E-state index contributed by atoms with van der Waals surface area (Å²) in [6.07, 6.45) is 0.926. The number of rotatable bonds is 6. The van der Waals surface area contributed by atoms with Gasteiger partial charge in [-0.1, -0.05) is 6.92 Å². The van der Waals surface area contributed by atoms with Crippen molar-refractivity contribution in [1.29, 1.82) is 0 Å². The van der Waals surface area contributed by atoms with Crippen LogP contribution < -0.4 is 5.48 Å². The van der Waals surface area contributed by atoms with Gasteiger partial charge in [-0.25, -0.2) is 0 Å². The van der Waals surface area contributed by atoms with Gasteiger partial charge in [-0.15, -0.1) is 0 Å². The molecule has 0 aliphatic heterocycles. The second-order valence-electron chi connectivity index (χ2n) is 2.04. The van der Waals surface area contributed by atoms with Crippen LogP contribution in [0, 0.1) is 0 Å². The van der Waals surface area contributed by atoms with Gasteiger partial charge in [0.25, 0.3) is 0 Å². The Hall–Kier alpha value is -0.120. The fourth-order valence-electron chi connectivity index (χ4n) is 0.547. The molecule has 0 aromatic carbocycles. The first kappa shape index (κ1) is 9.88. The highest BCUT2D eigenvalue weighted by atomic mass is 16.8. The molecule has 0 heterocycles. The minimum atomic E-state index is -0.142. The van der Waals surface area contributed by atoms with Crippen LogP contribution in [0.2, 0.25) is 0 Å². The van der Waals surface area contributed by atoms with E-state index in [1.54, 1.807) is 0 Å². The zero-order chi connectivity index (χ0) is 7.82. The van der Waals surface area contributed by atoms with Crippen molar-refractivity contribution in [2.45, 2.75) is 33.5 Å². The van der Waals surface area contributed by atoms with Crippen molar-refractivity contribution in [3.63, 3.8) is 0 Å². The lowest BCUT2D eigenvalue weighted by atomic mass is 10.5. The van der Waals surface area contributed by atoms with Crippen molar-refractivity contribution >= 4 is 0 Å². The molecule has 0 aliphatic carbocycles. The standard InChI is InChI=1S/C7H17NO2/c1-4-6-8-10-7(3)9-5-2/h7-8H,4-6H2,1-3H3. The highest BCUT2D eigenvalue weighted by Crippen LogP contribution is 1.88. The quantitative estimate of drug-likeness (QED) is 0.349. The van der Waals surface area contributed by atoms with E-state index in [2.05, 4.69) is 12.4 Å². The SMILES string of the molecule is CCCNOC(C)OCC. The molecule has 3 nitrogen and oxygen atoms in total. The van der Waals surface area contributed by atoms with E-state index in [1.807, 2.05) is 13.8 Å². The summed E-state index contributed by atoms with van der Waals surface area (Å²) < 4.78 is 5.10. The normalized spacial score (nSPS) is 13.5. The Kier molecular flexibility index (Phi) is 6.91. The first-order valence-corrected chi connectivity index (χ1v) is 3.81. The Balaban J connectivity index is 2.97. The molecular weight excluding hydrogens is 130 g/mol. The molecule has 0 radical (unpaired) electrons. The van der Waals surface area contributed by atoms with Gasteiger partial charge in [0.15, 0.2) is 6.29 Å². The third-order valence-corrected chi connectivity index (χ3v) is 1.00. The van der Waals surface area contributed by atoms with Gasteiger partial charge in [0.2, 0.25) is 0 Å². The molecule has 0 amide bonds. The molecule has 0 bridgehead atoms. The first-order chi connectivity index (χ1) is 4.81. The van der Waals surface area contributed by atoms with Gasteiger partial charge in [0, 0.05) is 13.2 Å². The monoisotopic (exact) mass is 147 g/mol. The average molecular weight is 147 g/mol. The van der Waals surface area contributed by atoms with E-state index >= 15 is 0 Å². The maximum Gasteiger partial charge on any atom is 0.174 e. The lowest BCUT2D eigenvalue weighted by Crippen LogP contribution is -2.24. The van der Waals surface area contributed by atoms with Crippen LogP contribution in [0.4, 0.5) is 0 Å². The fraction of sp³-hybridized carbons (Fsp3) is 1.00. The Morgan fingerprint density at radius 1 is 1.40 bits per heavy atom. The number of hydrogen-bond acceptors (Lipinski definition) is 3. The van der Waals surface area contributed by atoms with E-state index in [-0.39, 0.29) is 6.29 Å². The van der Waals surface area contributed by atoms with Crippen LogP contribution >= 0.6 is 0 Å². The smallest absolute Gasteiger partial charge is 0.174 e. The van der Waals surface area contributed by atoms with Crippen molar-refractivity contribution < 1.29 is 9.57 Å². The molecule has 0 fully saturated rings. The van der Waals surface area contributed by atoms with Gasteiger partial charge in [-0.05, 0) is 20.3 Å². The zero-order valence-corrected chi connectivity index (χ0v) is 7.02. The number of hydroxylamine groups is 1. The summed E-state index contributed by atoms with van der Waals surface area (Å²) in [7, 11) is 0. The molecule has 1 unspecified atom stereocenters. The van der Waals surface area contributed by atoms with Crippen LogP contribution in [0.1, 0.15) is 27.2 Å². The molecule has 0 aromatic rings. The summed E-state index contributed by atoms with van der Waals surface area (Å²) in [5.41, 5.74) is 2.79. The van der Waals surface area contributed by atoms with E-state index < -0.39 is 0 Å². The second kappa shape index (κ2) is 6.99. The Morgan fingerprint density at radius 3 is 2.60 bits per heavy atom. The summed E-state index contributed by atoms with van der Waals surface area (Å²) in [6, 6.07) is 0. The Bertz CT molecular complexity index is 68.6. The van der Waals surface area contributed by atoms with Crippen LogP contribution in [0.5, 0.6) is 0 Å². The first-order valence-electron chi connectivity index (χ1n) is 3.81. The van der Waals surface area contributed by atoms with Crippen LogP contribution in [0.15, 0.2) is 0 Å². The lowest BCUT2D eigenvalue weighted by Gasteiger charge is -2.11. The van der Waals surface area contributed by atoms with Crippen LogP contribution in [0.25, 0.3) is 0 Å². The largest absolute Gasteiger partial charge is 0.351 e. The third-order valence-electron chi connectivity index (χ3n) is 1.00. The number of hydrogen-bond donors (Lipinski definition) is 1. The maximum absolute atomic E-state index is 5.10. The zero-order valence-electron chi connectivity index (χ0n) is 7.02. The molecule has 1 N–H and O–H groups in total. The van der Waals surface area contributed by atoms with E-state index in [9.17, 15) is 0 Å². The molecule has 0 saturated carbocycles. The molecule has 0 aliphatic rings. The van der Waals surface area contributed by atoms with E-state index in [0.717, 1.165) is 13.0 Å².